The number of phosphoric acid groups is 1. The third kappa shape index (κ3) is 12.0. The zero-order valence-electron chi connectivity index (χ0n) is 33.8. The number of benzene rings is 1. The van der Waals surface area contributed by atoms with Crippen LogP contribution in [0, 0.1) is 5.82 Å². The summed E-state index contributed by atoms with van der Waals surface area (Å²) in [6, 6.07) is 6.56. The third-order valence-electron chi connectivity index (χ3n) is 11.2. The number of nitrogens with two attached hydrogens (primary N) is 1. The number of rotatable bonds is 29. The topological polar surface area (TPSA) is 217 Å². The number of carboxylic acid groups (broad SMARTS) is 1. The summed E-state index contributed by atoms with van der Waals surface area (Å²) in [6.07, 6.45) is 16.1. The van der Waals surface area contributed by atoms with Crippen molar-refractivity contribution in [2.45, 2.75) is 159 Å². The molecule has 3 aromatic rings. The molecule has 1 aromatic carbocycles. The van der Waals surface area contributed by atoms with Crippen LogP contribution in [0.15, 0.2) is 36.7 Å². The lowest BCUT2D eigenvalue weighted by molar-refractivity contribution is -0.127. The monoisotopic (exact) mass is 836 g/mol. The minimum absolute atomic E-state index is 0.0463. The number of aliphatic hydroxyl groups excluding tert-OH is 1. The average Bonchev–Trinajstić information content (AvgIpc) is 3.43. The van der Waals surface area contributed by atoms with Crippen LogP contribution in [0.25, 0.3) is 5.52 Å². The molecule has 15 nitrogen and oxygen atoms in total. The highest BCUT2D eigenvalue weighted by atomic mass is 31.2. The van der Waals surface area contributed by atoms with Crippen LogP contribution >= 0.6 is 7.82 Å². The van der Waals surface area contributed by atoms with Crippen LogP contribution in [0.5, 0.6) is 0 Å². The van der Waals surface area contributed by atoms with Crippen LogP contribution in [-0.4, -0.2) is 90.6 Å². The molecule has 6 N–H and O–H groups in total. The number of hydrogen-bond donors (Lipinski definition) is 5. The number of carbonyl (C=O) groups is 1. The number of fused-ring (bicyclic) bond motifs is 2. The van der Waals surface area contributed by atoms with Gasteiger partial charge in [0.2, 0.25) is 0 Å². The summed E-state index contributed by atoms with van der Waals surface area (Å²) in [5, 5.41) is 36.1. The van der Waals surface area contributed by atoms with E-state index < -0.39 is 61.8 Å². The van der Waals surface area contributed by atoms with Gasteiger partial charge >= 0.3 is 13.8 Å². The highest BCUT2D eigenvalue weighted by Gasteiger charge is 2.82. The number of halogens is 1. The van der Waals surface area contributed by atoms with E-state index in [9.17, 15) is 34.0 Å². The molecular weight excluding hydrogens is 774 g/mol. The van der Waals surface area contributed by atoms with E-state index in [-0.39, 0.29) is 30.2 Å². The molecule has 0 amide bonds. The molecule has 2 unspecified atom stereocenters. The number of aliphatic hydroxyl groups is 2. The van der Waals surface area contributed by atoms with Crippen molar-refractivity contribution in [3.05, 3.63) is 59.3 Å². The summed E-state index contributed by atoms with van der Waals surface area (Å²) in [4.78, 5) is 26.1. The van der Waals surface area contributed by atoms with Gasteiger partial charge in [0.1, 0.15) is 47.7 Å². The van der Waals surface area contributed by atoms with Crippen LogP contribution in [0.2, 0.25) is 0 Å². The minimum Gasteiger partial charge on any atom is -0.478 e. The first-order valence-corrected chi connectivity index (χ1v) is 22.3. The number of aromatic carboxylic acids is 1. The molecule has 1 saturated heterocycles. The van der Waals surface area contributed by atoms with E-state index in [2.05, 4.69) is 17.0 Å². The largest absolute Gasteiger partial charge is 0.478 e. The maximum Gasteiger partial charge on any atom is 0.472 e. The fourth-order valence-corrected chi connectivity index (χ4v) is 8.75. The second-order valence-corrected chi connectivity index (χ2v) is 17.3. The van der Waals surface area contributed by atoms with E-state index in [0.717, 1.165) is 31.4 Å². The van der Waals surface area contributed by atoms with Gasteiger partial charge in [-0.3, -0.25) is 9.05 Å². The van der Waals surface area contributed by atoms with Gasteiger partial charge in [0.05, 0.1) is 31.1 Å². The molecule has 2 fully saturated rings. The van der Waals surface area contributed by atoms with Gasteiger partial charge in [-0.05, 0) is 49.2 Å². The number of nitrogen functional groups attached to an aromatic ring is 1. The summed E-state index contributed by atoms with van der Waals surface area (Å²) in [6.45, 7) is 3.43. The molecule has 1 aliphatic carbocycles. The van der Waals surface area contributed by atoms with Gasteiger partial charge in [0, 0.05) is 6.61 Å². The standard InChI is InChI=1S/C41H62FN4O11P/c1-3-4-5-6-7-8-9-10-11-12-13-14-15-16-17-18-21-53-26-32(54-25-29-22-30(38(47)48)24-31(42)23-29)27-55-58(51,52)57-36-35-41(36,50)39(49)40(2,56-35)34-20-19-33-37(43)44-28-45-46(33)34/h19-20,22-24,28,32,35-36,39,49-50H,3-18,21,25-27H2,1-2H3,(H,47,48)(H,51,52)(H2,43,44,45)/t32-,35-,36?,39+,40+,41+/m1/s1. The van der Waals surface area contributed by atoms with E-state index in [1.807, 2.05) is 0 Å². The Bertz CT molecular complexity index is 1820. The fraction of sp³-hybridized carbons (Fsp3) is 0.683. The maximum atomic E-state index is 14.1. The SMILES string of the molecule is CCCCCCCCCCCCCCCCCCOC[C@H](COP(=O)(O)OC1[C@H]2O[C@@](C)(c3ccc4c(N)ncnn34)[C@H](O)[C@@]12O)OCc1cc(F)cc(C(=O)O)c1. The molecule has 324 valence electrons. The van der Waals surface area contributed by atoms with Crippen LogP contribution in [-0.2, 0) is 40.0 Å². The Hall–Kier alpha value is -3.05. The van der Waals surface area contributed by atoms with Crippen LogP contribution in [0.1, 0.15) is 138 Å². The van der Waals surface area contributed by atoms with Gasteiger partial charge < -0.3 is 40.2 Å². The molecule has 5 rings (SSSR count). The van der Waals surface area contributed by atoms with Gasteiger partial charge in [-0.25, -0.2) is 23.2 Å². The van der Waals surface area contributed by atoms with Crippen LogP contribution in [0.4, 0.5) is 10.2 Å². The Morgan fingerprint density at radius 1 is 0.983 bits per heavy atom. The zero-order chi connectivity index (χ0) is 41.8. The van der Waals surface area contributed by atoms with E-state index in [1.54, 1.807) is 19.1 Å². The van der Waals surface area contributed by atoms with Crippen molar-refractivity contribution >= 4 is 25.1 Å². The fourth-order valence-electron chi connectivity index (χ4n) is 7.77. The van der Waals surface area contributed by atoms with Gasteiger partial charge in [-0.1, -0.05) is 103 Å². The molecule has 1 aliphatic heterocycles. The minimum atomic E-state index is -4.88. The first-order valence-electron chi connectivity index (χ1n) is 20.8. The predicted molar refractivity (Wildman–Crippen MR) is 214 cm³/mol. The lowest BCUT2D eigenvalue weighted by atomic mass is 9.91. The maximum absolute atomic E-state index is 14.1. The van der Waals surface area contributed by atoms with Crippen LogP contribution in [0.3, 0.4) is 0 Å². The van der Waals surface area contributed by atoms with Gasteiger partial charge in [0.15, 0.2) is 11.4 Å². The molecule has 7 atom stereocenters. The van der Waals surface area contributed by atoms with Gasteiger partial charge in [-0.15, -0.1) is 0 Å². The second-order valence-electron chi connectivity index (χ2n) is 15.9. The summed E-state index contributed by atoms with van der Waals surface area (Å²) >= 11 is 0. The number of anilines is 1. The molecule has 3 heterocycles. The number of carboxylic acids is 1. The van der Waals surface area contributed by atoms with Crippen molar-refractivity contribution in [1.29, 1.82) is 0 Å². The highest BCUT2D eigenvalue weighted by molar-refractivity contribution is 7.47. The van der Waals surface area contributed by atoms with E-state index in [0.29, 0.717) is 17.8 Å². The Balaban J connectivity index is 1.04. The number of hydrogen-bond acceptors (Lipinski definition) is 12. The van der Waals surface area contributed by atoms with Crippen molar-refractivity contribution in [2.24, 2.45) is 0 Å². The van der Waals surface area contributed by atoms with Crippen molar-refractivity contribution < 1.29 is 57.2 Å². The molecule has 0 radical (unpaired) electrons. The molecular formula is C41H62FN4O11P. The van der Waals surface area contributed by atoms with E-state index in [1.165, 1.54) is 100 Å². The van der Waals surface area contributed by atoms with Gasteiger partial charge in [0.25, 0.3) is 0 Å². The summed E-state index contributed by atoms with van der Waals surface area (Å²) in [5.74, 6) is -1.85. The Morgan fingerprint density at radius 3 is 2.19 bits per heavy atom. The lowest BCUT2D eigenvalue weighted by Crippen LogP contribution is -2.46. The highest BCUT2D eigenvalue weighted by Crippen LogP contribution is 2.63. The van der Waals surface area contributed by atoms with Crippen molar-refractivity contribution in [2.75, 3.05) is 25.6 Å². The molecule has 0 spiro atoms. The number of nitrogens with zero attached hydrogens (tertiary/aromatic N) is 3. The zero-order valence-corrected chi connectivity index (χ0v) is 34.7. The Kier molecular flexibility index (Phi) is 17.0. The molecule has 17 heteroatoms. The summed E-state index contributed by atoms with van der Waals surface area (Å²) in [5.41, 5.74) is 3.24. The van der Waals surface area contributed by atoms with Crippen LogP contribution < -0.4 is 5.73 Å². The molecule has 2 aliphatic rings. The molecule has 1 saturated carbocycles. The predicted octanol–water partition coefficient (Wildman–Crippen LogP) is 7.23. The van der Waals surface area contributed by atoms with E-state index in [4.69, 9.17) is 29.0 Å². The van der Waals surface area contributed by atoms with E-state index >= 15 is 0 Å². The molecule has 2 aromatic heterocycles. The normalized spacial score (nSPS) is 24.2. The Morgan fingerprint density at radius 2 is 1.60 bits per heavy atom. The molecule has 0 bridgehead atoms. The number of unbranched alkanes of at least 4 members (excludes halogenated alkanes) is 15. The summed E-state index contributed by atoms with van der Waals surface area (Å²) < 4.78 is 57.0. The first kappa shape index (κ1) is 46.0. The number of ether oxygens (including phenoxy) is 3. The summed E-state index contributed by atoms with van der Waals surface area (Å²) in [7, 11) is -4.88. The second kappa shape index (κ2) is 21.5. The number of phosphoric ester groups is 1. The first-order chi connectivity index (χ1) is 27.8. The average molecular weight is 837 g/mol. The van der Waals surface area contributed by atoms with Gasteiger partial charge in [-0.2, -0.15) is 5.10 Å². The lowest BCUT2D eigenvalue weighted by Gasteiger charge is -2.32. The van der Waals surface area contributed by atoms with Crippen molar-refractivity contribution in [1.82, 2.24) is 14.6 Å². The smallest absolute Gasteiger partial charge is 0.472 e. The number of aromatic nitrogens is 3. The quantitative estimate of drug-likeness (QED) is 0.0344. The van der Waals surface area contributed by atoms with Crippen molar-refractivity contribution in [3.63, 3.8) is 0 Å². The Labute approximate surface area is 340 Å². The third-order valence-corrected chi connectivity index (χ3v) is 12.2. The van der Waals surface area contributed by atoms with Crippen molar-refractivity contribution in [3.8, 4) is 0 Å². The molecule has 58 heavy (non-hydrogen) atoms.